The summed E-state index contributed by atoms with van der Waals surface area (Å²) >= 11 is 1.53. The normalized spacial score (nSPS) is 12.6. The van der Waals surface area contributed by atoms with Gasteiger partial charge in [0, 0.05) is 33.7 Å². The van der Waals surface area contributed by atoms with E-state index in [0.717, 1.165) is 15.2 Å². The third-order valence-corrected chi connectivity index (χ3v) is 5.04. The second kappa shape index (κ2) is 6.85. The van der Waals surface area contributed by atoms with Crippen LogP contribution in [0.2, 0.25) is 0 Å². The lowest BCUT2D eigenvalue weighted by atomic mass is 10.3. The van der Waals surface area contributed by atoms with E-state index in [1.807, 2.05) is 24.3 Å². The zero-order valence-electron chi connectivity index (χ0n) is 12.4. The van der Waals surface area contributed by atoms with Crippen LogP contribution in [0.3, 0.4) is 0 Å². The first-order valence-corrected chi connectivity index (χ1v) is 9.27. The Morgan fingerprint density at radius 2 is 2.04 bits per heavy atom. The summed E-state index contributed by atoms with van der Waals surface area (Å²) in [6.07, 6.45) is 4.75. The van der Waals surface area contributed by atoms with Crippen LogP contribution in [-0.4, -0.2) is 21.4 Å². The van der Waals surface area contributed by atoms with Crippen molar-refractivity contribution in [3.05, 3.63) is 59.6 Å². The fraction of sp³-hybridized carbons (Fsp3) is 0.0588. The molecule has 0 saturated carbocycles. The molecule has 6 heteroatoms. The van der Waals surface area contributed by atoms with Gasteiger partial charge in [-0.25, -0.2) is 4.98 Å². The maximum Gasteiger partial charge on any atom is 0.248 e. The van der Waals surface area contributed by atoms with E-state index in [9.17, 15) is 9.00 Å². The molecule has 0 aliphatic carbocycles. The summed E-state index contributed by atoms with van der Waals surface area (Å²) in [7, 11) is -1.07. The molecular weight excluding hydrogens is 328 g/mol. The second-order valence-corrected chi connectivity index (χ2v) is 7.27. The summed E-state index contributed by atoms with van der Waals surface area (Å²) in [4.78, 5) is 17.1. The average Bonchev–Trinajstić information content (AvgIpc) is 2.96. The monoisotopic (exact) mass is 342 g/mol. The number of rotatable bonds is 4. The Labute approximate surface area is 140 Å². The van der Waals surface area contributed by atoms with Gasteiger partial charge in [-0.1, -0.05) is 18.2 Å². The largest absolute Gasteiger partial charge is 0.322 e. The molecule has 0 radical (unpaired) electrons. The highest BCUT2D eigenvalue weighted by molar-refractivity contribution is 7.84. The van der Waals surface area contributed by atoms with Gasteiger partial charge in [-0.15, -0.1) is 11.3 Å². The fourth-order valence-electron chi connectivity index (χ4n) is 2.04. The van der Waals surface area contributed by atoms with Gasteiger partial charge in [0.1, 0.15) is 5.01 Å². The predicted octanol–water partition coefficient (Wildman–Crippen LogP) is 3.69. The molecule has 1 atom stereocenters. The quantitative estimate of drug-likeness (QED) is 0.736. The fourth-order valence-corrected chi connectivity index (χ4v) is 3.48. The Morgan fingerprint density at radius 3 is 2.83 bits per heavy atom. The Kier molecular flexibility index (Phi) is 4.64. The Balaban J connectivity index is 1.71. The number of nitrogens with one attached hydrogen (secondary N) is 1. The molecule has 2 aromatic carbocycles. The summed E-state index contributed by atoms with van der Waals surface area (Å²) in [5, 5.41) is 3.54. The molecule has 3 aromatic rings. The van der Waals surface area contributed by atoms with Crippen LogP contribution in [0.4, 0.5) is 5.69 Å². The molecule has 1 aromatic heterocycles. The highest BCUT2D eigenvalue weighted by Crippen LogP contribution is 2.22. The topological polar surface area (TPSA) is 59.1 Å². The van der Waals surface area contributed by atoms with Crippen molar-refractivity contribution >= 4 is 50.0 Å². The smallest absolute Gasteiger partial charge is 0.248 e. The molecule has 1 amide bonds. The summed E-state index contributed by atoms with van der Waals surface area (Å²) in [5.41, 5.74) is 1.55. The number of para-hydroxylation sites is 1. The third-order valence-electron chi connectivity index (χ3n) is 3.12. The van der Waals surface area contributed by atoms with Gasteiger partial charge in [-0.05, 0) is 36.4 Å². The highest BCUT2D eigenvalue weighted by atomic mass is 32.2. The van der Waals surface area contributed by atoms with Crippen LogP contribution in [0.25, 0.3) is 16.3 Å². The van der Waals surface area contributed by atoms with Gasteiger partial charge >= 0.3 is 0 Å². The average molecular weight is 342 g/mol. The molecule has 4 nitrogen and oxygen atoms in total. The summed E-state index contributed by atoms with van der Waals surface area (Å²) in [5.74, 6) is -0.247. The number of aromatic nitrogens is 1. The van der Waals surface area contributed by atoms with Crippen LogP contribution in [0.1, 0.15) is 5.01 Å². The number of anilines is 1. The minimum absolute atomic E-state index is 0.247. The minimum atomic E-state index is -1.07. The van der Waals surface area contributed by atoms with Gasteiger partial charge in [0.05, 0.1) is 10.2 Å². The molecule has 0 aliphatic rings. The molecule has 0 aliphatic heterocycles. The van der Waals surface area contributed by atoms with Gasteiger partial charge in [0.15, 0.2) is 0 Å². The van der Waals surface area contributed by atoms with E-state index in [4.69, 9.17) is 0 Å². The lowest BCUT2D eigenvalue weighted by Gasteiger charge is -2.03. The molecule has 0 bridgehead atoms. The van der Waals surface area contributed by atoms with Crippen molar-refractivity contribution in [2.75, 3.05) is 11.6 Å². The summed E-state index contributed by atoms with van der Waals surface area (Å²) in [6.45, 7) is 0. The first-order chi connectivity index (χ1) is 11.1. The summed E-state index contributed by atoms with van der Waals surface area (Å²) in [6, 6.07) is 14.9. The third kappa shape index (κ3) is 3.91. The lowest BCUT2D eigenvalue weighted by Crippen LogP contribution is -2.07. The SMILES string of the molecule is CS(=O)c1cccc(NC(=O)C=Cc2nc3ccccc3s2)c1. The molecule has 1 N–H and O–H groups in total. The van der Waals surface area contributed by atoms with Crippen molar-refractivity contribution in [2.45, 2.75) is 4.90 Å². The van der Waals surface area contributed by atoms with Crippen LogP contribution < -0.4 is 5.32 Å². The van der Waals surface area contributed by atoms with Crippen LogP contribution in [-0.2, 0) is 15.6 Å². The van der Waals surface area contributed by atoms with Crippen molar-refractivity contribution in [1.29, 1.82) is 0 Å². The molecule has 23 heavy (non-hydrogen) atoms. The maximum atomic E-state index is 12.0. The molecule has 0 saturated heterocycles. The predicted molar refractivity (Wildman–Crippen MR) is 96.1 cm³/mol. The van der Waals surface area contributed by atoms with Gasteiger partial charge in [-0.2, -0.15) is 0 Å². The van der Waals surface area contributed by atoms with Gasteiger partial charge in [0.2, 0.25) is 5.91 Å². The number of carbonyl (C=O) groups is 1. The number of nitrogens with zero attached hydrogens (tertiary/aromatic N) is 1. The van der Waals surface area contributed by atoms with Crippen molar-refractivity contribution in [3.63, 3.8) is 0 Å². The van der Waals surface area contributed by atoms with Crippen molar-refractivity contribution in [3.8, 4) is 0 Å². The summed E-state index contributed by atoms with van der Waals surface area (Å²) < 4.78 is 12.5. The number of benzene rings is 2. The van der Waals surface area contributed by atoms with Crippen LogP contribution in [0.5, 0.6) is 0 Å². The van der Waals surface area contributed by atoms with Crippen molar-refractivity contribution < 1.29 is 9.00 Å². The van der Waals surface area contributed by atoms with Crippen molar-refractivity contribution in [1.82, 2.24) is 4.98 Å². The second-order valence-electron chi connectivity index (χ2n) is 4.82. The molecule has 1 heterocycles. The van der Waals surface area contributed by atoms with E-state index in [-0.39, 0.29) is 5.91 Å². The number of carbonyl (C=O) groups excluding carboxylic acids is 1. The van der Waals surface area contributed by atoms with Crippen molar-refractivity contribution in [2.24, 2.45) is 0 Å². The Hall–Kier alpha value is -2.31. The maximum absolute atomic E-state index is 12.0. The standard InChI is InChI=1S/C17H14N2O2S2/c1-23(21)13-6-4-5-12(11-13)18-16(20)9-10-17-19-14-7-2-3-8-15(14)22-17/h2-11H,1H3,(H,18,20). The first-order valence-electron chi connectivity index (χ1n) is 6.90. The first kappa shape index (κ1) is 15.6. The van der Waals surface area contributed by atoms with E-state index < -0.39 is 10.8 Å². The van der Waals surface area contributed by atoms with Gasteiger partial charge in [-0.3, -0.25) is 9.00 Å². The number of amides is 1. The van der Waals surface area contributed by atoms with Gasteiger partial charge in [0.25, 0.3) is 0 Å². The van der Waals surface area contributed by atoms with Crippen LogP contribution in [0.15, 0.2) is 59.5 Å². The van der Waals surface area contributed by atoms with E-state index in [2.05, 4.69) is 10.3 Å². The highest BCUT2D eigenvalue weighted by Gasteiger charge is 2.03. The number of hydrogen-bond donors (Lipinski definition) is 1. The van der Waals surface area contributed by atoms with E-state index in [1.54, 1.807) is 36.6 Å². The van der Waals surface area contributed by atoms with E-state index in [0.29, 0.717) is 10.6 Å². The van der Waals surface area contributed by atoms with Crippen LogP contribution >= 0.6 is 11.3 Å². The zero-order valence-corrected chi connectivity index (χ0v) is 14.0. The lowest BCUT2D eigenvalue weighted by molar-refractivity contribution is -0.111. The molecule has 116 valence electrons. The molecule has 1 unspecified atom stereocenters. The number of fused-ring (bicyclic) bond motifs is 1. The number of thiazole rings is 1. The van der Waals surface area contributed by atoms with Gasteiger partial charge < -0.3 is 5.32 Å². The van der Waals surface area contributed by atoms with E-state index in [1.165, 1.54) is 17.4 Å². The Morgan fingerprint density at radius 1 is 1.22 bits per heavy atom. The molecule has 0 spiro atoms. The minimum Gasteiger partial charge on any atom is -0.322 e. The van der Waals surface area contributed by atoms with Crippen LogP contribution in [0, 0.1) is 0 Å². The van der Waals surface area contributed by atoms with E-state index >= 15 is 0 Å². The molecule has 3 rings (SSSR count). The zero-order chi connectivity index (χ0) is 16.2. The number of hydrogen-bond acceptors (Lipinski definition) is 4. The Bertz CT molecular complexity index is 883. The molecule has 0 fully saturated rings. The molecular formula is C17H14N2O2S2.